The SMILES string of the molecule is Cc1ccc(N(c2ccc(C)cc2)c2cccc3c2Oc2ccccc2C3)cc1. The Kier molecular flexibility index (Phi) is 4.33. The summed E-state index contributed by atoms with van der Waals surface area (Å²) in [4.78, 5) is 2.28. The Bertz CT molecular complexity index is 1110. The van der Waals surface area contributed by atoms with Gasteiger partial charge in [-0.2, -0.15) is 0 Å². The van der Waals surface area contributed by atoms with Crippen molar-refractivity contribution in [1.82, 2.24) is 0 Å². The van der Waals surface area contributed by atoms with Crippen LogP contribution in [-0.4, -0.2) is 0 Å². The van der Waals surface area contributed by atoms with E-state index in [-0.39, 0.29) is 0 Å². The van der Waals surface area contributed by atoms with Gasteiger partial charge in [-0.05, 0) is 55.8 Å². The highest BCUT2D eigenvalue weighted by atomic mass is 16.5. The van der Waals surface area contributed by atoms with Gasteiger partial charge in [-0.1, -0.05) is 65.7 Å². The molecule has 0 bridgehead atoms. The van der Waals surface area contributed by atoms with Crippen LogP contribution in [0.3, 0.4) is 0 Å². The Labute approximate surface area is 172 Å². The van der Waals surface area contributed by atoms with E-state index in [9.17, 15) is 0 Å². The van der Waals surface area contributed by atoms with E-state index < -0.39 is 0 Å². The molecular formula is C27H23NO. The predicted molar refractivity (Wildman–Crippen MR) is 120 cm³/mol. The van der Waals surface area contributed by atoms with E-state index in [0.29, 0.717) is 0 Å². The van der Waals surface area contributed by atoms with Gasteiger partial charge in [-0.3, -0.25) is 0 Å². The number of para-hydroxylation sites is 2. The van der Waals surface area contributed by atoms with Crippen LogP contribution in [-0.2, 0) is 6.42 Å². The van der Waals surface area contributed by atoms with E-state index >= 15 is 0 Å². The molecule has 1 aliphatic rings. The van der Waals surface area contributed by atoms with E-state index in [2.05, 4.69) is 104 Å². The lowest BCUT2D eigenvalue weighted by Crippen LogP contribution is -2.13. The first kappa shape index (κ1) is 17.6. The van der Waals surface area contributed by atoms with Crippen molar-refractivity contribution < 1.29 is 4.74 Å². The first-order chi connectivity index (χ1) is 14.2. The van der Waals surface area contributed by atoms with Gasteiger partial charge in [0.2, 0.25) is 0 Å². The molecule has 0 aromatic heterocycles. The standard InChI is InChI=1S/C27H23NO/c1-19-10-14-23(15-11-19)28(24-16-12-20(2)13-17-24)25-8-5-7-22-18-21-6-3-4-9-26(21)29-27(22)25/h3-17H,18H2,1-2H3. The molecule has 5 rings (SSSR count). The van der Waals surface area contributed by atoms with Crippen LogP contribution in [0.2, 0.25) is 0 Å². The fraction of sp³-hybridized carbons (Fsp3) is 0.111. The van der Waals surface area contributed by atoms with Gasteiger partial charge in [0.25, 0.3) is 0 Å². The monoisotopic (exact) mass is 377 g/mol. The van der Waals surface area contributed by atoms with E-state index in [1.165, 1.54) is 22.3 Å². The molecule has 142 valence electrons. The summed E-state index contributed by atoms with van der Waals surface area (Å²) in [5, 5.41) is 0. The second kappa shape index (κ2) is 7.14. The summed E-state index contributed by atoms with van der Waals surface area (Å²) < 4.78 is 6.44. The third kappa shape index (κ3) is 3.27. The molecule has 0 N–H and O–H groups in total. The minimum absolute atomic E-state index is 0.884. The zero-order chi connectivity index (χ0) is 19.8. The summed E-state index contributed by atoms with van der Waals surface area (Å²) in [6.07, 6.45) is 0.884. The Morgan fingerprint density at radius 1 is 0.621 bits per heavy atom. The molecule has 1 aliphatic heterocycles. The van der Waals surface area contributed by atoms with Crippen molar-refractivity contribution in [3.8, 4) is 11.5 Å². The second-order valence-corrected chi connectivity index (χ2v) is 7.66. The van der Waals surface area contributed by atoms with Crippen molar-refractivity contribution >= 4 is 17.1 Å². The second-order valence-electron chi connectivity index (χ2n) is 7.66. The van der Waals surface area contributed by atoms with Crippen LogP contribution in [0.15, 0.2) is 91.0 Å². The van der Waals surface area contributed by atoms with E-state index in [1.54, 1.807) is 0 Å². The zero-order valence-electron chi connectivity index (χ0n) is 16.7. The van der Waals surface area contributed by atoms with E-state index in [4.69, 9.17) is 4.74 Å². The largest absolute Gasteiger partial charge is 0.455 e. The number of hydrogen-bond donors (Lipinski definition) is 0. The highest BCUT2D eigenvalue weighted by molar-refractivity contribution is 5.82. The molecular weight excluding hydrogens is 354 g/mol. The third-order valence-electron chi connectivity index (χ3n) is 5.47. The summed E-state index contributed by atoms with van der Waals surface area (Å²) >= 11 is 0. The van der Waals surface area contributed by atoms with Crippen molar-refractivity contribution in [2.75, 3.05) is 4.90 Å². The molecule has 1 heterocycles. The number of ether oxygens (including phenoxy) is 1. The third-order valence-corrected chi connectivity index (χ3v) is 5.47. The Morgan fingerprint density at radius 3 is 1.86 bits per heavy atom. The predicted octanol–water partition coefficient (Wildman–Crippen LogP) is 7.47. The lowest BCUT2D eigenvalue weighted by atomic mass is 9.99. The van der Waals surface area contributed by atoms with Gasteiger partial charge in [-0.25, -0.2) is 0 Å². The average molecular weight is 377 g/mol. The maximum absolute atomic E-state index is 6.44. The van der Waals surface area contributed by atoms with Gasteiger partial charge in [0.15, 0.2) is 5.75 Å². The van der Waals surface area contributed by atoms with Gasteiger partial charge < -0.3 is 9.64 Å². The van der Waals surface area contributed by atoms with Crippen LogP contribution in [0.1, 0.15) is 22.3 Å². The average Bonchev–Trinajstić information content (AvgIpc) is 2.75. The van der Waals surface area contributed by atoms with Gasteiger partial charge in [0.05, 0.1) is 5.69 Å². The van der Waals surface area contributed by atoms with E-state index in [0.717, 1.165) is 35.0 Å². The molecule has 29 heavy (non-hydrogen) atoms. The molecule has 0 saturated carbocycles. The summed E-state index contributed by atoms with van der Waals surface area (Å²) in [7, 11) is 0. The summed E-state index contributed by atoms with van der Waals surface area (Å²) in [6, 6.07) is 32.0. The van der Waals surface area contributed by atoms with Gasteiger partial charge in [-0.15, -0.1) is 0 Å². The molecule has 4 aromatic carbocycles. The summed E-state index contributed by atoms with van der Waals surface area (Å²) in [5.74, 6) is 1.88. The lowest BCUT2D eigenvalue weighted by molar-refractivity contribution is 0.461. The minimum atomic E-state index is 0.884. The van der Waals surface area contributed by atoms with E-state index in [1.807, 2.05) is 6.07 Å². The normalized spacial score (nSPS) is 11.9. The molecule has 2 heteroatoms. The minimum Gasteiger partial charge on any atom is -0.455 e. The first-order valence-electron chi connectivity index (χ1n) is 10.0. The number of benzene rings is 4. The fourth-order valence-electron chi connectivity index (χ4n) is 3.88. The number of nitrogens with zero attached hydrogens (tertiary/aromatic N) is 1. The molecule has 4 aromatic rings. The molecule has 0 unspecified atom stereocenters. The fourth-order valence-corrected chi connectivity index (χ4v) is 3.88. The van der Waals surface area contributed by atoms with Crippen molar-refractivity contribution in [3.63, 3.8) is 0 Å². The highest BCUT2D eigenvalue weighted by Gasteiger charge is 2.24. The van der Waals surface area contributed by atoms with Crippen LogP contribution in [0.25, 0.3) is 0 Å². The number of anilines is 3. The first-order valence-corrected chi connectivity index (χ1v) is 10.0. The Morgan fingerprint density at radius 2 is 1.21 bits per heavy atom. The van der Waals surface area contributed by atoms with Crippen molar-refractivity contribution in [2.24, 2.45) is 0 Å². The number of aryl methyl sites for hydroxylation is 2. The van der Waals surface area contributed by atoms with Crippen LogP contribution >= 0.6 is 0 Å². The van der Waals surface area contributed by atoms with Crippen molar-refractivity contribution in [2.45, 2.75) is 20.3 Å². The Hall–Kier alpha value is -3.52. The molecule has 2 nitrogen and oxygen atoms in total. The van der Waals surface area contributed by atoms with Crippen LogP contribution < -0.4 is 9.64 Å². The number of rotatable bonds is 3. The van der Waals surface area contributed by atoms with Gasteiger partial charge in [0, 0.05) is 23.4 Å². The number of hydrogen-bond acceptors (Lipinski definition) is 2. The quantitative estimate of drug-likeness (QED) is 0.323. The topological polar surface area (TPSA) is 12.5 Å². The molecule has 0 saturated heterocycles. The molecule has 0 amide bonds. The summed E-state index contributed by atoms with van der Waals surface area (Å²) in [5.41, 5.74) is 8.24. The molecule has 0 fully saturated rings. The maximum atomic E-state index is 6.44. The highest BCUT2D eigenvalue weighted by Crippen LogP contribution is 2.46. The van der Waals surface area contributed by atoms with Crippen LogP contribution in [0.5, 0.6) is 11.5 Å². The molecule has 0 spiro atoms. The van der Waals surface area contributed by atoms with Crippen molar-refractivity contribution in [1.29, 1.82) is 0 Å². The molecule has 0 aliphatic carbocycles. The maximum Gasteiger partial charge on any atom is 0.154 e. The molecule has 0 radical (unpaired) electrons. The Balaban J connectivity index is 1.68. The van der Waals surface area contributed by atoms with Crippen LogP contribution in [0, 0.1) is 13.8 Å². The zero-order valence-corrected chi connectivity index (χ0v) is 16.7. The number of fused-ring (bicyclic) bond motifs is 2. The lowest BCUT2D eigenvalue weighted by Gasteiger charge is -2.30. The van der Waals surface area contributed by atoms with Crippen molar-refractivity contribution in [3.05, 3.63) is 113 Å². The van der Waals surface area contributed by atoms with Gasteiger partial charge >= 0.3 is 0 Å². The molecule has 0 atom stereocenters. The van der Waals surface area contributed by atoms with Crippen LogP contribution in [0.4, 0.5) is 17.1 Å². The van der Waals surface area contributed by atoms with Gasteiger partial charge in [0.1, 0.15) is 5.75 Å². The summed E-state index contributed by atoms with van der Waals surface area (Å²) in [6.45, 7) is 4.23. The smallest absolute Gasteiger partial charge is 0.154 e.